The fourth-order valence-corrected chi connectivity index (χ4v) is 3.24. The van der Waals surface area contributed by atoms with Crippen molar-refractivity contribution in [2.24, 2.45) is 0 Å². The molecule has 1 heteroatoms. The zero-order chi connectivity index (χ0) is 14.2. The smallest absolute Gasteiger partial charge is 0.102 e. The van der Waals surface area contributed by atoms with Crippen molar-refractivity contribution in [3.05, 3.63) is 71.3 Å². The molecular formula is C19H22O. The van der Waals surface area contributed by atoms with Gasteiger partial charge in [-0.05, 0) is 37.5 Å². The van der Waals surface area contributed by atoms with Gasteiger partial charge in [0.1, 0.15) is 5.60 Å². The zero-order valence-corrected chi connectivity index (χ0v) is 12.5. The molecule has 0 aromatic heterocycles. The lowest BCUT2D eigenvalue weighted by atomic mass is 9.89. The zero-order valence-electron chi connectivity index (χ0n) is 12.5. The van der Waals surface area contributed by atoms with Gasteiger partial charge in [-0.2, -0.15) is 0 Å². The second kappa shape index (κ2) is 4.75. The highest BCUT2D eigenvalue weighted by Crippen LogP contribution is 2.43. The van der Waals surface area contributed by atoms with Crippen LogP contribution in [0.4, 0.5) is 0 Å². The molecule has 0 radical (unpaired) electrons. The molecule has 0 saturated carbocycles. The highest BCUT2D eigenvalue weighted by atomic mass is 16.5. The number of benzene rings is 2. The lowest BCUT2D eigenvalue weighted by Crippen LogP contribution is -2.38. The summed E-state index contributed by atoms with van der Waals surface area (Å²) < 4.78 is 6.55. The van der Waals surface area contributed by atoms with Crippen LogP contribution in [0.25, 0.3) is 0 Å². The van der Waals surface area contributed by atoms with E-state index >= 15 is 0 Å². The Morgan fingerprint density at radius 2 is 1.30 bits per heavy atom. The van der Waals surface area contributed by atoms with Crippen LogP contribution in [0.1, 0.15) is 37.5 Å². The van der Waals surface area contributed by atoms with E-state index in [2.05, 4.69) is 75.4 Å². The molecule has 1 aliphatic rings. The third kappa shape index (κ3) is 2.51. The summed E-state index contributed by atoms with van der Waals surface area (Å²) in [6.07, 6.45) is 1.93. The van der Waals surface area contributed by atoms with Crippen LogP contribution in [0.3, 0.4) is 0 Å². The van der Waals surface area contributed by atoms with Gasteiger partial charge < -0.3 is 4.74 Å². The summed E-state index contributed by atoms with van der Waals surface area (Å²) in [5.74, 6) is 0. The molecule has 1 nitrogen and oxygen atoms in total. The van der Waals surface area contributed by atoms with Gasteiger partial charge in [0.2, 0.25) is 0 Å². The van der Waals surface area contributed by atoms with Crippen molar-refractivity contribution in [2.45, 2.75) is 44.8 Å². The molecule has 0 unspecified atom stereocenters. The lowest BCUT2D eigenvalue weighted by molar-refractivity contribution is -0.132. The van der Waals surface area contributed by atoms with Crippen LogP contribution < -0.4 is 0 Å². The second-order valence-corrected chi connectivity index (χ2v) is 6.70. The van der Waals surface area contributed by atoms with E-state index in [1.807, 2.05) is 0 Å². The van der Waals surface area contributed by atoms with E-state index in [1.165, 1.54) is 16.7 Å². The molecule has 0 saturated heterocycles. The van der Waals surface area contributed by atoms with Gasteiger partial charge >= 0.3 is 0 Å². The van der Waals surface area contributed by atoms with Crippen molar-refractivity contribution >= 4 is 0 Å². The summed E-state index contributed by atoms with van der Waals surface area (Å²) in [5, 5.41) is 0. The van der Waals surface area contributed by atoms with E-state index in [4.69, 9.17) is 4.74 Å². The van der Waals surface area contributed by atoms with Gasteiger partial charge in [-0.15, -0.1) is 0 Å². The van der Waals surface area contributed by atoms with E-state index < -0.39 is 0 Å². The summed E-state index contributed by atoms with van der Waals surface area (Å²) in [4.78, 5) is 0. The average molecular weight is 266 g/mol. The van der Waals surface area contributed by atoms with Crippen LogP contribution in [-0.4, -0.2) is 5.60 Å². The molecule has 0 bridgehead atoms. The van der Waals surface area contributed by atoms with E-state index in [1.54, 1.807) is 0 Å². The van der Waals surface area contributed by atoms with Crippen LogP contribution in [-0.2, 0) is 23.2 Å². The van der Waals surface area contributed by atoms with E-state index in [9.17, 15) is 0 Å². The van der Waals surface area contributed by atoms with Crippen molar-refractivity contribution in [3.8, 4) is 0 Å². The molecule has 2 aromatic rings. The van der Waals surface area contributed by atoms with Crippen molar-refractivity contribution in [3.63, 3.8) is 0 Å². The summed E-state index contributed by atoms with van der Waals surface area (Å²) in [5.41, 5.74) is 3.74. The van der Waals surface area contributed by atoms with Crippen molar-refractivity contribution in [1.29, 1.82) is 0 Å². The van der Waals surface area contributed by atoms with Crippen molar-refractivity contribution in [2.75, 3.05) is 0 Å². The molecule has 1 aliphatic carbocycles. The Hall–Kier alpha value is -1.60. The number of ether oxygens (including phenoxy) is 1. The van der Waals surface area contributed by atoms with Crippen LogP contribution in [0.5, 0.6) is 0 Å². The maximum Gasteiger partial charge on any atom is 0.102 e. The Bertz CT molecular complexity index is 568. The number of hydrogen-bond donors (Lipinski definition) is 0. The largest absolute Gasteiger partial charge is 0.364 e. The molecule has 2 aromatic carbocycles. The topological polar surface area (TPSA) is 9.23 Å². The predicted octanol–water partition coefficient (Wildman–Crippen LogP) is 4.50. The minimum atomic E-state index is -0.219. The second-order valence-electron chi connectivity index (χ2n) is 6.70. The molecule has 0 amide bonds. The van der Waals surface area contributed by atoms with Gasteiger partial charge in [-0.25, -0.2) is 0 Å². The summed E-state index contributed by atoms with van der Waals surface area (Å²) in [6.45, 7) is 6.42. The van der Waals surface area contributed by atoms with Crippen LogP contribution in [0.2, 0.25) is 0 Å². The van der Waals surface area contributed by atoms with E-state index in [0.717, 1.165) is 12.8 Å². The Balaban J connectivity index is 2.04. The molecule has 0 N–H and O–H groups in total. The Morgan fingerprint density at radius 1 is 0.800 bits per heavy atom. The predicted molar refractivity (Wildman–Crippen MR) is 82.8 cm³/mol. The minimum absolute atomic E-state index is 0.155. The molecule has 3 rings (SSSR count). The number of rotatable bonds is 2. The minimum Gasteiger partial charge on any atom is -0.364 e. The highest BCUT2D eigenvalue weighted by Gasteiger charge is 2.42. The summed E-state index contributed by atoms with van der Waals surface area (Å²) >= 11 is 0. The SMILES string of the molecule is CC(C)(C)OC1(c2ccccc2)Cc2ccccc2C1. The van der Waals surface area contributed by atoms with Crippen LogP contribution in [0, 0.1) is 0 Å². The Kier molecular flexibility index (Phi) is 3.18. The lowest BCUT2D eigenvalue weighted by Gasteiger charge is -2.37. The first-order chi connectivity index (χ1) is 9.49. The first kappa shape index (κ1) is 13.4. The molecule has 0 spiro atoms. The molecule has 0 fully saturated rings. The third-order valence-corrected chi connectivity index (χ3v) is 3.87. The number of hydrogen-bond acceptors (Lipinski definition) is 1. The van der Waals surface area contributed by atoms with Gasteiger partial charge in [0, 0.05) is 12.8 Å². The fraction of sp³-hybridized carbons (Fsp3) is 0.368. The van der Waals surface area contributed by atoms with Crippen molar-refractivity contribution < 1.29 is 4.74 Å². The molecule has 0 heterocycles. The molecular weight excluding hydrogens is 244 g/mol. The Morgan fingerprint density at radius 3 is 1.80 bits per heavy atom. The van der Waals surface area contributed by atoms with Crippen LogP contribution >= 0.6 is 0 Å². The fourth-order valence-electron chi connectivity index (χ4n) is 3.24. The third-order valence-electron chi connectivity index (χ3n) is 3.87. The summed E-state index contributed by atoms with van der Waals surface area (Å²) in [6, 6.07) is 19.4. The van der Waals surface area contributed by atoms with Gasteiger partial charge in [0.25, 0.3) is 0 Å². The quantitative estimate of drug-likeness (QED) is 0.778. The van der Waals surface area contributed by atoms with Gasteiger partial charge in [0.05, 0.1) is 5.60 Å². The highest BCUT2D eigenvalue weighted by molar-refractivity contribution is 5.40. The van der Waals surface area contributed by atoms with E-state index in [0.29, 0.717) is 0 Å². The van der Waals surface area contributed by atoms with Gasteiger partial charge in [-0.1, -0.05) is 54.6 Å². The van der Waals surface area contributed by atoms with Gasteiger partial charge in [0.15, 0.2) is 0 Å². The molecule has 104 valence electrons. The maximum absolute atomic E-state index is 6.55. The van der Waals surface area contributed by atoms with Gasteiger partial charge in [-0.3, -0.25) is 0 Å². The first-order valence-corrected chi connectivity index (χ1v) is 7.31. The average Bonchev–Trinajstić information content (AvgIpc) is 2.76. The monoisotopic (exact) mass is 266 g/mol. The Labute approximate surface area is 121 Å². The molecule has 0 atom stereocenters. The standard InChI is InChI=1S/C19H22O/c1-18(2,3)20-19(17-11-5-4-6-12-17)13-15-9-7-8-10-16(15)14-19/h4-12H,13-14H2,1-3H3. The molecule has 0 aliphatic heterocycles. The van der Waals surface area contributed by atoms with Crippen LogP contribution in [0.15, 0.2) is 54.6 Å². The van der Waals surface area contributed by atoms with E-state index in [-0.39, 0.29) is 11.2 Å². The summed E-state index contributed by atoms with van der Waals surface area (Å²) in [7, 11) is 0. The molecule has 20 heavy (non-hydrogen) atoms. The maximum atomic E-state index is 6.55. The van der Waals surface area contributed by atoms with Crippen molar-refractivity contribution in [1.82, 2.24) is 0 Å². The normalized spacial score (nSPS) is 16.9. The first-order valence-electron chi connectivity index (χ1n) is 7.31. The number of fused-ring (bicyclic) bond motifs is 1.